The maximum Gasteiger partial charge on any atom is 0.237 e. The molecule has 0 spiro atoms. The molecule has 3 aromatic heterocycles. The first-order valence-electron chi connectivity index (χ1n) is 6.27. The summed E-state index contributed by atoms with van der Waals surface area (Å²) in [6, 6.07) is 0. The van der Waals surface area contributed by atoms with Crippen molar-refractivity contribution in [3.05, 3.63) is 37.0 Å². The van der Waals surface area contributed by atoms with Gasteiger partial charge in [0.25, 0.3) is 0 Å². The normalized spacial score (nSPS) is 11.5. The van der Waals surface area contributed by atoms with Crippen LogP contribution in [0, 0.1) is 6.92 Å². The van der Waals surface area contributed by atoms with Gasteiger partial charge in [-0.3, -0.25) is 9.13 Å². The van der Waals surface area contributed by atoms with Crippen molar-refractivity contribution in [1.82, 2.24) is 29.1 Å². The Morgan fingerprint density at radius 3 is 3.00 bits per heavy atom. The number of hydrogen-bond acceptors (Lipinski definition) is 5. The quantitative estimate of drug-likeness (QED) is 0.676. The van der Waals surface area contributed by atoms with E-state index < -0.39 is 0 Å². The van der Waals surface area contributed by atoms with Crippen LogP contribution in [0.25, 0.3) is 23.3 Å². The van der Waals surface area contributed by atoms with Crippen molar-refractivity contribution in [2.45, 2.75) is 13.8 Å². The van der Waals surface area contributed by atoms with E-state index in [4.69, 9.17) is 4.74 Å². The van der Waals surface area contributed by atoms with Crippen LogP contribution < -0.4 is 0 Å². The predicted octanol–water partition coefficient (Wildman–Crippen LogP) is 1.79. The van der Waals surface area contributed by atoms with Crippen LogP contribution in [0.5, 0.6) is 0 Å². The number of aryl methyl sites for hydroxylation is 1. The summed E-state index contributed by atoms with van der Waals surface area (Å²) in [5.41, 5.74) is 1.48. The van der Waals surface area contributed by atoms with E-state index in [0.29, 0.717) is 18.2 Å². The molecule has 7 nitrogen and oxygen atoms in total. The topological polar surface area (TPSA) is 70.7 Å². The van der Waals surface area contributed by atoms with E-state index in [1.54, 1.807) is 35.7 Å². The maximum atomic E-state index is 5.21. The van der Waals surface area contributed by atoms with Gasteiger partial charge in [0.1, 0.15) is 17.7 Å². The monoisotopic (exact) mass is 270 g/mol. The summed E-state index contributed by atoms with van der Waals surface area (Å²) in [4.78, 5) is 17.2. The van der Waals surface area contributed by atoms with E-state index in [1.807, 2.05) is 24.6 Å². The van der Waals surface area contributed by atoms with Crippen LogP contribution in [0.3, 0.4) is 0 Å². The molecule has 3 heterocycles. The van der Waals surface area contributed by atoms with Gasteiger partial charge >= 0.3 is 0 Å². The van der Waals surface area contributed by atoms with E-state index in [2.05, 4.69) is 19.9 Å². The van der Waals surface area contributed by atoms with Crippen LogP contribution in [-0.2, 0) is 4.74 Å². The molecule has 7 heteroatoms. The SMILES string of the molecule is CCOC=Cn1c(C)nc2nc(-n3ccnc3)ncc21. The molecule has 102 valence electrons. The smallest absolute Gasteiger partial charge is 0.237 e. The Kier molecular flexibility index (Phi) is 3.16. The fourth-order valence-corrected chi connectivity index (χ4v) is 1.88. The van der Waals surface area contributed by atoms with Crippen molar-refractivity contribution in [3.63, 3.8) is 0 Å². The van der Waals surface area contributed by atoms with Crippen LogP contribution in [0.2, 0.25) is 0 Å². The molecule has 0 atom stereocenters. The van der Waals surface area contributed by atoms with Crippen molar-refractivity contribution in [2.75, 3.05) is 6.61 Å². The highest BCUT2D eigenvalue weighted by molar-refractivity contribution is 5.73. The van der Waals surface area contributed by atoms with Crippen LogP contribution in [-0.4, -0.2) is 35.7 Å². The Hall–Kier alpha value is -2.70. The molecule has 0 saturated carbocycles. The molecular formula is C13H14N6O. The molecule has 0 N–H and O–H groups in total. The molecular weight excluding hydrogens is 256 g/mol. The Balaban J connectivity index is 2.05. The highest BCUT2D eigenvalue weighted by Gasteiger charge is 2.09. The summed E-state index contributed by atoms with van der Waals surface area (Å²) in [6.07, 6.45) is 10.3. The van der Waals surface area contributed by atoms with Crippen LogP contribution in [0.4, 0.5) is 0 Å². The lowest BCUT2D eigenvalue weighted by Gasteiger charge is -2.01. The molecule has 3 aromatic rings. The Labute approximate surface area is 115 Å². The van der Waals surface area contributed by atoms with Crippen LogP contribution in [0.15, 0.2) is 31.2 Å². The van der Waals surface area contributed by atoms with Gasteiger partial charge in [0.2, 0.25) is 5.95 Å². The summed E-state index contributed by atoms with van der Waals surface area (Å²) in [7, 11) is 0. The third-order valence-electron chi connectivity index (χ3n) is 2.82. The van der Waals surface area contributed by atoms with Crippen LogP contribution in [0.1, 0.15) is 12.7 Å². The summed E-state index contributed by atoms with van der Waals surface area (Å²) in [5.74, 6) is 1.38. The minimum Gasteiger partial charge on any atom is -0.500 e. The number of nitrogens with zero attached hydrogens (tertiary/aromatic N) is 6. The molecule has 0 aliphatic carbocycles. The Morgan fingerprint density at radius 1 is 1.35 bits per heavy atom. The molecule has 0 fully saturated rings. The largest absolute Gasteiger partial charge is 0.500 e. The number of imidazole rings is 2. The molecule has 0 aliphatic rings. The van der Waals surface area contributed by atoms with Gasteiger partial charge in [-0.1, -0.05) is 0 Å². The standard InChI is InChI=1S/C13H14N6O/c1-3-20-7-6-19-10(2)16-12-11(19)8-15-13(17-12)18-5-4-14-9-18/h4-9H,3H2,1-2H3. The van der Waals surface area contributed by atoms with E-state index >= 15 is 0 Å². The first-order chi connectivity index (χ1) is 9.79. The first kappa shape index (κ1) is 12.3. The minimum absolute atomic E-state index is 0.549. The highest BCUT2D eigenvalue weighted by atomic mass is 16.5. The third kappa shape index (κ3) is 2.13. The van der Waals surface area contributed by atoms with E-state index in [9.17, 15) is 0 Å². The Morgan fingerprint density at radius 2 is 2.25 bits per heavy atom. The molecule has 20 heavy (non-hydrogen) atoms. The van der Waals surface area contributed by atoms with Gasteiger partial charge in [0, 0.05) is 18.6 Å². The lowest BCUT2D eigenvalue weighted by atomic mass is 10.5. The Bertz CT molecular complexity index is 744. The first-order valence-corrected chi connectivity index (χ1v) is 6.27. The molecule has 0 saturated heterocycles. The second kappa shape index (κ2) is 5.12. The predicted molar refractivity (Wildman–Crippen MR) is 74.1 cm³/mol. The lowest BCUT2D eigenvalue weighted by Crippen LogP contribution is -1.98. The summed E-state index contributed by atoms with van der Waals surface area (Å²) in [6.45, 7) is 4.47. The molecule has 3 rings (SSSR count). The number of rotatable bonds is 4. The minimum atomic E-state index is 0.549. The average molecular weight is 270 g/mol. The van der Waals surface area contributed by atoms with E-state index in [-0.39, 0.29) is 0 Å². The lowest BCUT2D eigenvalue weighted by molar-refractivity contribution is 0.271. The van der Waals surface area contributed by atoms with Crippen molar-refractivity contribution in [2.24, 2.45) is 0 Å². The zero-order valence-electron chi connectivity index (χ0n) is 11.3. The molecule has 0 bridgehead atoms. The van der Waals surface area contributed by atoms with E-state index in [1.165, 1.54) is 0 Å². The zero-order chi connectivity index (χ0) is 13.9. The molecule has 0 amide bonds. The fraction of sp³-hybridized carbons (Fsp3) is 0.231. The van der Waals surface area contributed by atoms with Gasteiger partial charge in [-0.05, 0) is 13.8 Å². The number of hydrogen-bond donors (Lipinski definition) is 0. The van der Waals surface area contributed by atoms with Crippen molar-refractivity contribution < 1.29 is 4.74 Å². The molecule has 0 aliphatic heterocycles. The third-order valence-corrected chi connectivity index (χ3v) is 2.82. The second-order valence-electron chi connectivity index (χ2n) is 4.12. The molecule has 0 unspecified atom stereocenters. The van der Waals surface area contributed by atoms with Crippen molar-refractivity contribution in [3.8, 4) is 5.95 Å². The van der Waals surface area contributed by atoms with Gasteiger partial charge in [-0.2, -0.15) is 4.98 Å². The zero-order valence-corrected chi connectivity index (χ0v) is 11.3. The summed E-state index contributed by atoms with van der Waals surface area (Å²) >= 11 is 0. The highest BCUT2D eigenvalue weighted by Crippen LogP contribution is 2.14. The average Bonchev–Trinajstić information content (AvgIpc) is 3.07. The molecule has 0 aromatic carbocycles. The number of ether oxygens (including phenoxy) is 1. The van der Waals surface area contributed by atoms with E-state index in [0.717, 1.165) is 11.3 Å². The van der Waals surface area contributed by atoms with Crippen LogP contribution >= 0.6 is 0 Å². The van der Waals surface area contributed by atoms with Crippen molar-refractivity contribution >= 4 is 17.4 Å². The number of fused-ring (bicyclic) bond motifs is 1. The second-order valence-corrected chi connectivity index (χ2v) is 4.12. The van der Waals surface area contributed by atoms with Gasteiger partial charge in [-0.25, -0.2) is 15.0 Å². The van der Waals surface area contributed by atoms with Gasteiger partial charge in [-0.15, -0.1) is 0 Å². The summed E-state index contributed by atoms with van der Waals surface area (Å²) < 4.78 is 8.84. The fourth-order valence-electron chi connectivity index (χ4n) is 1.88. The maximum absolute atomic E-state index is 5.21. The van der Waals surface area contributed by atoms with Crippen molar-refractivity contribution in [1.29, 1.82) is 0 Å². The van der Waals surface area contributed by atoms with Gasteiger partial charge in [0.05, 0.1) is 19.1 Å². The van der Waals surface area contributed by atoms with Gasteiger partial charge < -0.3 is 4.74 Å². The number of aromatic nitrogens is 6. The summed E-state index contributed by atoms with van der Waals surface area (Å²) in [5, 5.41) is 0. The van der Waals surface area contributed by atoms with Gasteiger partial charge in [0.15, 0.2) is 5.65 Å². The molecule has 0 radical (unpaired) electrons.